The van der Waals surface area contributed by atoms with Crippen molar-refractivity contribution in [2.24, 2.45) is 0 Å². The Morgan fingerprint density at radius 2 is 1.00 bits per heavy atom. The highest BCUT2D eigenvalue weighted by Gasteiger charge is 2.45. The molecule has 2 aliphatic heterocycles. The zero-order valence-electron chi connectivity index (χ0n) is 22.3. The van der Waals surface area contributed by atoms with Gasteiger partial charge in [-0.2, -0.15) is 0 Å². The van der Waals surface area contributed by atoms with Gasteiger partial charge in [0.25, 0.3) is 0 Å². The highest BCUT2D eigenvalue weighted by atomic mass is 15.2. The first-order valence-corrected chi connectivity index (χ1v) is 13.6. The molecular weight excluding hydrogens is 460 g/mol. The van der Waals surface area contributed by atoms with E-state index in [1.165, 1.54) is 66.8 Å². The summed E-state index contributed by atoms with van der Waals surface area (Å²) in [5.74, 6) is 0. The molecule has 1 aromatic heterocycles. The fraction of sp³-hybridized carbons (Fsp3) is 0.167. The molecule has 0 unspecified atom stereocenters. The molecular formula is C36H30N2. The van der Waals surface area contributed by atoms with Crippen LogP contribution >= 0.6 is 0 Å². The molecule has 3 heterocycles. The second-order valence-electron chi connectivity index (χ2n) is 11.9. The Balaban J connectivity index is 1.44. The summed E-state index contributed by atoms with van der Waals surface area (Å²) in [4.78, 5) is 2.53. The molecule has 0 N–H and O–H groups in total. The van der Waals surface area contributed by atoms with Gasteiger partial charge in [0.1, 0.15) is 0 Å². The van der Waals surface area contributed by atoms with Crippen LogP contribution in [0.25, 0.3) is 27.5 Å². The van der Waals surface area contributed by atoms with Crippen molar-refractivity contribution in [2.45, 2.75) is 38.5 Å². The zero-order valence-corrected chi connectivity index (χ0v) is 22.3. The largest absolute Gasteiger partial charge is 0.309 e. The zero-order chi connectivity index (χ0) is 25.8. The number of hydrogen-bond acceptors (Lipinski definition) is 1. The third-order valence-electron chi connectivity index (χ3n) is 9.16. The van der Waals surface area contributed by atoms with Crippen LogP contribution in [0.1, 0.15) is 49.9 Å². The van der Waals surface area contributed by atoms with Crippen molar-refractivity contribution < 1.29 is 0 Å². The topological polar surface area (TPSA) is 8.17 Å². The summed E-state index contributed by atoms with van der Waals surface area (Å²) in [5, 5.41) is 2.59. The lowest BCUT2D eigenvalue weighted by Gasteiger charge is -2.49. The Hall–Kier alpha value is -4.30. The van der Waals surface area contributed by atoms with Crippen LogP contribution in [0.4, 0.5) is 17.1 Å². The minimum atomic E-state index is -0.145. The summed E-state index contributed by atoms with van der Waals surface area (Å²) in [7, 11) is 0. The molecule has 2 nitrogen and oxygen atoms in total. The van der Waals surface area contributed by atoms with Gasteiger partial charge in [-0.25, -0.2) is 0 Å². The molecule has 0 saturated carbocycles. The molecule has 0 amide bonds. The number of nitrogens with zero attached hydrogens (tertiary/aromatic N) is 2. The predicted octanol–water partition coefficient (Wildman–Crippen LogP) is 9.53. The molecule has 0 radical (unpaired) electrons. The third-order valence-corrected chi connectivity index (χ3v) is 9.16. The predicted molar refractivity (Wildman–Crippen MR) is 160 cm³/mol. The van der Waals surface area contributed by atoms with Crippen LogP contribution < -0.4 is 4.90 Å². The van der Waals surface area contributed by atoms with Crippen molar-refractivity contribution in [2.75, 3.05) is 4.90 Å². The van der Waals surface area contributed by atoms with E-state index in [0.717, 1.165) is 0 Å². The van der Waals surface area contributed by atoms with Gasteiger partial charge < -0.3 is 9.47 Å². The Kier molecular flexibility index (Phi) is 4.10. The molecule has 0 spiro atoms. The summed E-state index contributed by atoms with van der Waals surface area (Å²) >= 11 is 0. The number of aromatic nitrogens is 1. The van der Waals surface area contributed by atoms with E-state index in [1.807, 2.05) is 0 Å². The quantitative estimate of drug-likeness (QED) is 0.223. The second kappa shape index (κ2) is 7.17. The second-order valence-corrected chi connectivity index (χ2v) is 11.9. The monoisotopic (exact) mass is 490 g/mol. The van der Waals surface area contributed by atoms with E-state index in [-0.39, 0.29) is 10.8 Å². The van der Waals surface area contributed by atoms with Crippen molar-refractivity contribution in [3.63, 3.8) is 0 Å². The first kappa shape index (κ1) is 21.8. The number of benzene rings is 5. The summed E-state index contributed by atoms with van der Waals surface area (Å²) in [5.41, 5.74) is 13.0. The third kappa shape index (κ3) is 2.58. The maximum Gasteiger partial charge on any atom is 0.0543 e. The summed E-state index contributed by atoms with van der Waals surface area (Å²) in [6, 6.07) is 40.5. The van der Waals surface area contributed by atoms with E-state index in [0.29, 0.717) is 0 Å². The van der Waals surface area contributed by atoms with Gasteiger partial charge in [0, 0.05) is 27.3 Å². The molecule has 0 aliphatic carbocycles. The number of anilines is 3. The Labute approximate surface area is 223 Å². The van der Waals surface area contributed by atoms with Gasteiger partial charge in [0.05, 0.1) is 28.1 Å². The minimum absolute atomic E-state index is 0.0606. The SMILES string of the molecule is CC1(C)c2ccccc2N2c3ccc(-n4c5ccccc5c5ccccc54)cc3C(C)(C)c3cccc1c32. The van der Waals surface area contributed by atoms with E-state index in [9.17, 15) is 0 Å². The summed E-state index contributed by atoms with van der Waals surface area (Å²) in [6.45, 7) is 9.52. The molecule has 0 fully saturated rings. The maximum atomic E-state index is 2.53. The molecule has 0 bridgehead atoms. The first-order chi connectivity index (χ1) is 18.4. The van der Waals surface area contributed by atoms with Gasteiger partial charge in [0.2, 0.25) is 0 Å². The summed E-state index contributed by atoms with van der Waals surface area (Å²) < 4.78 is 2.43. The van der Waals surface area contributed by atoms with Gasteiger partial charge >= 0.3 is 0 Å². The molecule has 38 heavy (non-hydrogen) atoms. The lowest BCUT2D eigenvalue weighted by molar-refractivity contribution is 0.597. The van der Waals surface area contributed by atoms with Crippen molar-refractivity contribution in [3.8, 4) is 5.69 Å². The van der Waals surface area contributed by atoms with E-state index < -0.39 is 0 Å². The maximum absolute atomic E-state index is 2.53. The fourth-order valence-electron chi connectivity index (χ4n) is 7.21. The molecule has 8 rings (SSSR count). The van der Waals surface area contributed by atoms with Gasteiger partial charge in [-0.1, -0.05) is 100 Å². The van der Waals surface area contributed by atoms with Crippen LogP contribution in [0.3, 0.4) is 0 Å². The average molecular weight is 491 g/mol. The van der Waals surface area contributed by atoms with Crippen LogP contribution in [0.15, 0.2) is 109 Å². The number of rotatable bonds is 1. The number of hydrogen-bond donors (Lipinski definition) is 0. The van der Waals surface area contributed by atoms with E-state index in [4.69, 9.17) is 0 Å². The van der Waals surface area contributed by atoms with Crippen molar-refractivity contribution in [1.29, 1.82) is 0 Å². The molecule has 5 aromatic carbocycles. The van der Waals surface area contributed by atoms with Gasteiger partial charge in [0.15, 0.2) is 0 Å². The highest BCUT2D eigenvalue weighted by molar-refractivity contribution is 6.09. The highest BCUT2D eigenvalue weighted by Crippen LogP contribution is 2.60. The van der Waals surface area contributed by atoms with E-state index >= 15 is 0 Å². The van der Waals surface area contributed by atoms with Crippen LogP contribution in [-0.2, 0) is 10.8 Å². The Bertz CT molecular complexity index is 1880. The lowest BCUT2D eigenvalue weighted by atomic mass is 9.66. The average Bonchev–Trinajstić information content (AvgIpc) is 3.27. The molecule has 0 saturated heterocycles. The Morgan fingerprint density at radius 1 is 0.474 bits per heavy atom. The summed E-state index contributed by atoms with van der Waals surface area (Å²) in [6.07, 6.45) is 0. The van der Waals surface area contributed by atoms with Crippen molar-refractivity contribution >= 4 is 38.9 Å². The first-order valence-electron chi connectivity index (χ1n) is 13.6. The molecule has 2 heteroatoms. The standard InChI is InChI=1S/C36H30N2/c1-35(2)26-14-7-10-19-32(26)38-33-21-20-23(22-29(33)36(3,4)28-16-11-15-27(35)34(28)38)37-30-17-8-5-12-24(30)25-13-6-9-18-31(25)37/h5-22H,1-4H3. The van der Waals surface area contributed by atoms with Gasteiger partial charge in [-0.15, -0.1) is 0 Å². The van der Waals surface area contributed by atoms with Crippen molar-refractivity contribution in [3.05, 3.63) is 131 Å². The number of para-hydroxylation sites is 4. The van der Waals surface area contributed by atoms with Crippen LogP contribution in [-0.4, -0.2) is 4.57 Å². The lowest BCUT2D eigenvalue weighted by Crippen LogP contribution is -2.38. The normalized spacial score (nSPS) is 16.3. The van der Waals surface area contributed by atoms with Crippen LogP contribution in [0, 0.1) is 0 Å². The van der Waals surface area contributed by atoms with E-state index in [1.54, 1.807) is 0 Å². The van der Waals surface area contributed by atoms with E-state index in [2.05, 4.69) is 146 Å². The van der Waals surface area contributed by atoms with Crippen LogP contribution in [0.2, 0.25) is 0 Å². The fourth-order valence-corrected chi connectivity index (χ4v) is 7.21. The number of fused-ring (bicyclic) bond motifs is 7. The Morgan fingerprint density at radius 3 is 1.68 bits per heavy atom. The smallest absolute Gasteiger partial charge is 0.0543 e. The van der Waals surface area contributed by atoms with Crippen molar-refractivity contribution in [1.82, 2.24) is 4.57 Å². The molecule has 0 atom stereocenters. The van der Waals surface area contributed by atoms with Gasteiger partial charge in [-0.3, -0.25) is 0 Å². The molecule has 184 valence electrons. The minimum Gasteiger partial charge on any atom is -0.309 e. The van der Waals surface area contributed by atoms with Gasteiger partial charge in [-0.05, 0) is 58.7 Å². The van der Waals surface area contributed by atoms with Crippen LogP contribution in [0.5, 0.6) is 0 Å². The molecule has 6 aromatic rings. The molecule has 2 aliphatic rings.